The number of nitrogens with one attached hydrogen (secondary N) is 1. The summed E-state index contributed by atoms with van der Waals surface area (Å²) in [5.74, 6) is 0. The van der Waals surface area contributed by atoms with Gasteiger partial charge in [0.1, 0.15) is 0 Å². The van der Waals surface area contributed by atoms with E-state index in [1.54, 1.807) is 0 Å². The third kappa shape index (κ3) is 3.11. The van der Waals surface area contributed by atoms with E-state index in [-0.39, 0.29) is 6.04 Å². The number of halogens is 2. The molecule has 0 aliphatic carbocycles. The fourth-order valence-corrected chi connectivity index (χ4v) is 2.63. The Morgan fingerprint density at radius 3 is 2.11 bits per heavy atom. The number of rotatable bonds is 3. The second kappa shape index (κ2) is 5.96. The highest BCUT2D eigenvalue weighted by Gasteiger charge is 2.16. The van der Waals surface area contributed by atoms with Crippen molar-refractivity contribution in [3.63, 3.8) is 0 Å². The molecule has 2 rings (SSSR count). The van der Waals surface area contributed by atoms with Gasteiger partial charge in [0.05, 0.1) is 6.04 Å². The highest BCUT2D eigenvalue weighted by molar-refractivity contribution is 6.31. The lowest BCUT2D eigenvalue weighted by Crippen LogP contribution is -2.18. The smallest absolute Gasteiger partial charge is 0.0589 e. The Bertz CT molecular complexity index is 576. The van der Waals surface area contributed by atoms with Gasteiger partial charge in [-0.2, -0.15) is 0 Å². The molecule has 0 aliphatic rings. The monoisotopic (exact) mass is 293 g/mol. The van der Waals surface area contributed by atoms with Crippen molar-refractivity contribution < 1.29 is 0 Å². The van der Waals surface area contributed by atoms with Gasteiger partial charge in [-0.15, -0.1) is 0 Å². The van der Waals surface area contributed by atoms with Crippen LogP contribution in [0.2, 0.25) is 10.0 Å². The van der Waals surface area contributed by atoms with Crippen molar-refractivity contribution in [2.24, 2.45) is 0 Å². The lowest BCUT2D eigenvalue weighted by molar-refractivity contribution is 0.691. The standard InChI is InChI=1S/C16H17Cl2N/c1-10-8-14(15(18)9-11(10)2)16(19-3)12-4-6-13(17)7-5-12/h4-9,16,19H,1-3H3. The van der Waals surface area contributed by atoms with Crippen molar-refractivity contribution in [3.05, 3.63) is 68.7 Å². The maximum atomic E-state index is 6.39. The molecule has 0 heterocycles. The van der Waals surface area contributed by atoms with E-state index in [4.69, 9.17) is 23.2 Å². The van der Waals surface area contributed by atoms with Crippen LogP contribution in [0.25, 0.3) is 0 Å². The second-order valence-electron chi connectivity index (χ2n) is 4.73. The van der Waals surface area contributed by atoms with Gasteiger partial charge in [-0.1, -0.05) is 41.4 Å². The Morgan fingerprint density at radius 1 is 0.947 bits per heavy atom. The Labute approximate surface area is 124 Å². The molecule has 0 amide bonds. The number of benzene rings is 2. The molecule has 1 unspecified atom stereocenters. The molecule has 3 heteroatoms. The minimum Gasteiger partial charge on any atom is -0.309 e. The van der Waals surface area contributed by atoms with Crippen molar-refractivity contribution in [2.45, 2.75) is 19.9 Å². The number of aryl methyl sites for hydroxylation is 2. The molecule has 1 nitrogen and oxygen atoms in total. The van der Waals surface area contributed by atoms with Gasteiger partial charge in [0.2, 0.25) is 0 Å². The lowest BCUT2D eigenvalue weighted by Gasteiger charge is -2.20. The number of hydrogen-bond donors (Lipinski definition) is 1. The summed E-state index contributed by atoms with van der Waals surface area (Å²) in [5, 5.41) is 4.84. The van der Waals surface area contributed by atoms with Crippen LogP contribution in [0.5, 0.6) is 0 Å². The second-order valence-corrected chi connectivity index (χ2v) is 5.57. The molecule has 0 aromatic heterocycles. The normalized spacial score (nSPS) is 12.5. The van der Waals surface area contributed by atoms with Crippen molar-refractivity contribution >= 4 is 23.2 Å². The van der Waals surface area contributed by atoms with Crippen molar-refractivity contribution in [2.75, 3.05) is 7.05 Å². The Balaban J connectivity index is 2.47. The first-order valence-electron chi connectivity index (χ1n) is 6.22. The lowest BCUT2D eigenvalue weighted by atomic mass is 9.95. The van der Waals surface area contributed by atoms with Crippen LogP contribution in [0.1, 0.15) is 28.3 Å². The topological polar surface area (TPSA) is 12.0 Å². The van der Waals surface area contributed by atoms with E-state index in [0.717, 1.165) is 21.2 Å². The van der Waals surface area contributed by atoms with E-state index in [1.807, 2.05) is 37.4 Å². The Kier molecular flexibility index (Phi) is 4.51. The Morgan fingerprint density at radius 2 is 1.53 bits per heavy atom. The van der Waals surface area contributed by atoms with Gasteiger partial charge in [0, 0.05) is 10.0 Å². The van der Waals surface area contributed by atoms with Crippen LogP contribution in [0.3, 0.4) is 0 Å². The first-order chi connectivity index (χ1) is 9.02. The minimum atomic E-state index is 0.0732. The van der Waals surface area contributed by atoms with Gasteiger partial charge >= 0.3 is 0 Å². The molecule has 0 fully saturated rings. The van der Waals surface area contributed by atoms with E-state index in [0.29, 0.717) is 0 Å². The van der Waals surface area contributed by atoms with E-state index >= 15 is 0 Å². The Hall–Kier alpha value is -1.02. The summed E-state index contributed by atoms with van der Waals surface area (Å²) in [4.78, 5) is 0. The summed E-state index contributed by atoms with van der Waals surface area (Å²) >= 11 is 12.3. The van der Waals surface area contributed by atoms with Crippen molar-refractivity contribution in [1.82, 2.24) is 5.32 Å². The van der Waals surface area contributed by atoms with Crippen LogP contribution in [-0.4, -0.2) is 7.05 Å². The summed E-state index contributed by atoms with van der Waals surface area (Å²) in [6.45, 7) is 4.17. The van der Waals surface area contributed by atoms with Crippen LogP contribution in [-0.2, 0) is 0 Å². The summed E-state index contributed by atoms with van der Waals surface area (Å²) in [5.41, 5.74) is 4.69. The van der Waals surface area contributed by atoms with E-state index < -0.39 is 0 Å². The third-order valence-corrected chi connectivity index (χ3v) is 4.00. The van der Waals surface area contributed by atoms with Gasteiger partial charge in [0.25, 0.3) is 0 Å². The molecule has 0 saturated heterocycles. The average molecular weight is 294 g/mol. The van der Waals surface area contributed by atoms with Crippen LogP contribution >= 0.6 is 23.2 Å². The quantitative estimate of drug-likeness (QED) is 0.847. The molecule has 0 bridgehead atoms. The fraction of sp³-hybridized carbons (Fsp3) is 0.250. The SMILES string of the molecule is CNC(c1ccc(Cl)cc1)c1cc(C)c(C)cc1Cl. The molecule has 1 atom stereocenters. The van der Waals surface area contributed by atoms with Crippen molar-refractivity contribution in [1.29, 1.82) is 0 Å². The average Bonchev–Trinajstić information content (AvgIpc) is 2.38. The predicted molar refractivity (Wildman–Crippen MR) is 83.3 cm³/mol. The van der Waals surface area contributed by atoms with E-state index in [9.17, 15) is 0 Å². The molecule has 2 aromatic rings. The molecule has 0 radical (unpaired) electrons. The molecule has 2 aromatic carbocycles. The molecule has 0 spiro atoms. The maximum absolute atomic E-state index is 6.39. The summed E-state index contributed by atoms with van der Waals surface area (Å²) in [6, 6.07) is 12.1. The molecule has 19 heavy (non-hydrogen) atoms. The molecular weight excluding hydrogens is 277 g/mol. The zero-order chi connectivity index (χ0) is 14.0. The van der Waals surface area contributed by atoms with Gasteiger partial charge in [-0.25, -0.2) is 0 Å². The largest absolute Gasteiger partial charge is 0.309 e. The molecule has 0 aliphatic heterocycles. The van der Waals surface area contributed by atoms with Crippen LogP contribution in [0.4, 0.5) is 0 Å². The zero-order valence-corrected chi connectivity index (χ0v) is 12.8. The molecule has 0 saturated carbocycles. The van der Waals surface area contributed by atoms with Crippen LogP contribution in [0, 0.1) is 13.8 Å². The van der Waals surface area contributed by atoms with Gasteiger partial charge in [-0.3, -0.25) is 0 Å². The van der Waals surface area contributed by atoms with Gasteiger partial charge in [0.15, 0.2) is 0 Å². The minimum absolute atomic E-state index is 0.0732. The van der Waals surface area contributed by atoms with E-state index in [1.165, 1.54) is 11.1 Å². The third-order valence-electron chi connectivity index (χ3n) is 3.42. The van der Waals surface area contributed by atoms with Crippen molar-refractivity contribution in [3.8, 4) is 0 Å². The predicted octanol–water partition coefficient (Wildman–Crippen LogP) is 4.92. The molecule has 100 valence electrons. The highest BCUT2D eigenvalue weighted by atomic mass is 35.5. The maximum Gasteiger partial charge on any atom is 0.0589 e. The first kappa shape index (κ1) is 14.4. The zero-order valence-electron chi connectivity index (χ0n) is 11.3. The molecule has 1 N–H and O–H groups in total. The highest BCUT2D eigenvalue weighted by Crippen LogP contribution is 2.31. The summed E-state index contributed by atoms with van der Waals surface area (Å²) < 4.78 is 0. The van der Waals surface area contributed by atoms with E-state index in [2.05, 4.69) is 25.2 Å². The van der Waals surface area contributed by atoms with Gasteiger partial charge in [-0.05, 0) is 61.3 Å². The fourth-order valence-electron chi connectivity index (χ4n) is 2.18. The first-order valence-corrected chi connectivity index (χ1v) is 6.98. The molecular formula is C16H17Cl2N. The summed E-state index contributed by atoms with van der Waals surface area (Å²) in [7, 11) is 1.94. The number of hydrogen-bond acceptors (Lipinski definition) is 1. The van der Waals surface area contributed by atoms with Gasteiger partial charge < -0.3 is 5.32 Å². The summed E-state index contributed by atoms with van der Waals surface area (Å²) in [6.07, 6.45) is 0. The van der Waals surface area contributed by atoms with Crippen LogP contribution in [0.15, 0.2) is 36.4 Å². The van der Waals surface area contributed by atoms with Crippen LogP contribution < -0.4 is 5.32 Å².